The second kappa shape index (κ2) is 11.4. The number of nitrogens with zero attached hydrogens (tertiary/aromatic N) is 2. The zero-order valence-corrected chi connectivity index (χ0v) is 20.1. The maximum absolute atomic E-state index is 13.3. The summed E-state index contributed by atoms with van der Waals surface area (Å²) in [5.74, 6) is -3.50. The third kappa shape index (κ3) is 6.44. The molecule has 186 valence electrons. The zero-order chi connectivity index (χ0) is 26.4. The highest BCUT2D eigenvalue weighted by atomic mass is 35.5. The third-order valence-corrected chi connectivity index (χ3v) is 5.34. The number of hydrazine groups is 1. The van der Waals surface area contributed by atoms with Crippen molar-refractivity contribution >= 4 is 35.3 Å². The fourth-order valence-corrected chi connectivity index (χ4v) is 3.40. The van der Waals surface area contributed by atoms with E-state index in [1.54, 1.807) is 31.2 Å². The molecule has 3 aromatic rings. The van der Waals surface area contributed by atoms with Crippen molar-refractivity contribution in [2.75, 3.05) is 0 Å². The summed E-state index contributed by atoms with van der Waals surface area (Å²) in [7, 11) is 0. The van der Waals surface area contributed by atoms with Crippen LogP contribution in [0.25, 0.3) is 0 Å². The van der Waals surface area contributed by atoms with E-state index in [4.69, 9.17) is 11.6 Å². The van der Waals surface area contributed by atoms with Crippen LogP contribution in [0, 0.1) is 6.92 Å². The number of hydrogen-bond donors (Lipinski definition) is 4. The van der Waals surface area contributed by atoms with Gasteiger partial charge in [-0.15, -0.1) is 0 Å². The lowest BCUT2D eigenvalue weighted by Crippen LogP contribution is -2.53. The topological polar surface area (TPSA) is 149 Å². The number of aryl methyl sites for hydroxylation is 1. The minimum Gasteiger partial charge on any atom is -0.508 e. The van der Waals surface area contributed by atoms with Crippen LogP contribution >= 0.6 is 11.6 Å². The number of nitrogens with one attached hydrogen (secondary N) is 2. The van der Waals surface area contributed by atoms with E-state index in [0.29, 0.717) is 16.3 Å². The maximum atomic E-state index is 13.3. The van der Waals surface area contributed by atoms with E-state index in [0.717, 1.165) is 0 Å². The van der Waals surface area contributed by atoms with Crippen molar-refractivity contribution in [3.05, 3.63) is 93.8 Å². The first kappa shape index (κ1) is 26.3. The number of pyridine rings is 1. The molecule has 0 radical (unpaired) electrons. The lowest BCUT2D eigenvalue weighted by Gasteiger charge is -2.24. The predicted molar refractivity (Wildman–Crippen MR) is 130 cm³/mol. The molecule has 0 aliphatic carbocycles. The Hall–Kier alpha value is -4.28. The number of imide groups is 1. The van der Waals surface area contributed by atoms with E-state index < -0.39 is 29.7 Å². The van der Waals surface area contributed by atoms with Gasteiger partial charge in [-0.05, 0) is 61.9 Å². The SMILES string of the molecule is Cc1cccc(C(=O)N(N[C@@H](C)C(=O)O)C(=O)c2ccc(C(=O)NCc3cccc(O)c3)cc2Cl)n1. The van der Waals surface area contributed by atoms with Gasteiger partial charge in [0.1, 0.15) is 17.5 Å². The van der Waals surface area contributed by atoms with Gasteiger partial charge in [-0.1, -0.05) is 29.8 Å². The number of aromatic nitrogens is 1. The van der Waals surface area contributed by atoms with Crippen molar-refractivity contribution in [1.82, 2.24) is 20.7 Å². The molecule has 0 aliphatic rings. The number of rotatable bonds is 8. The first-order chi connectivity index (χ1) is 17.1. The number of carbonyl (C=O) groups excluding carboxylic acids is 3. The lowest BCUT2D eigenvalue weighted by molar-refractivity contribution is -0.139. The Balaban J connectivity index is 1.83. The minimum absolute atomic E-state index is 0.0680. The summed E-state index contributed by atoms with van der Waals surface area (Å²) >= 11 is 6.29. The average molecular weight is 511 g/mol. The van der Waals surface area contributed by atoms with Gasteiger partial charge in [-0.3, -0.25) is 19.2 Å². The largest absolute Gasteiger partial charge is 0.508 e. The standard InChI is InChI=1S/C25H23ClN4O6/c1-14-5-3-8-21(28-14)24(34)30(29-15(2)25(35)36)23(33)19-10-9-17(12-20(19)26)22(32)27-13-16-6-4-7-18(31)11-16/h3-12,15,29,31H,13H2,1-2H3,(H,27,32)(H,35,36)/t15-/m0/s1. The lowest BCUT2D eigenvalue weighted by atomic mass is 10.1. The molecule has 0 saturated carbocycles. The van der Waals surface area contributed by atoms with E-state index in [1.807, 2.05) is 0 Å². The molecule has 0 fully saturated rings. The summed E-state index contributed by atoms with van der Waals surface area (Å²) in [4.78, 5) is 54.3. The number of phenolic OH excluding ortho intramolecular Hbond substituents is 1. The van der Waals surface area contributed by atoms with Crippen LogP contribution in [0.5, 0.6) is 5.75 Å². The Morgan fingerprint density at radius 3 is 2.39 bits per heavy atom. The number of amides is 3. The fraction of sp³-hybridized carbons (Fsp3) is 0.160. The Labute approximate surface area is 211 Å². The summed E-state index contributed by atoms with van der Waals surface area (Å²) in [5, 5.41) is 21.9. The monoisotopic (exact) mass is 510 g/mol. The van der Waals surface area contributed by atoms with Crippen LogP contribution in [-0.2, 0) is 11.3 Å². The van der Waals surface area contributed by atoms with Crippen LogP contribution in [0.15, 0.2) is 60.7 Å². The Morgan fingerprint density at radius 1 is 1.03 bits per heavy atom. The number of benzene rings is 2. The molecule has 10 nitrogen and oxygen atoms in total. The van der Waals surface area contributed by atoms with Crippen LogP contribution in [0.4, 0.5) is 0 Å². The number of carbonyl (C=O) groups is 4. The molecule has 0 unspecified atom stereocenters. The highest BCUT2D eigenvalue weighted by Crippen LogP contribution is 2.21. The van der Waals surface area contributed by atoms with Crippen LogP contribution in [-0.4, -0.2) is 49.9 Å². The molecule has 0 spiro atoms. The van der Waals surface area contributed by atoms with Crippen molar-refractivity contribution in [3.8, 4) is 5.75 Å². The van der Waals surface area contributed by atoms with Gasteiger partial charge in [-0.25, -0.2) is 15.4 Å². The van der Waals surface area contributed by atoms with Gasteiger partial charge in [-0.2, -0.15) is 0 Å². The first-order valence-electron chi connectivity index (χ1n) is 10.7. The highest BCUT2D eigenvalue weighted by Gasteiger charge is 2.30. The number of carboxylic acid groups (broad SMARTS) is 1. The van der Waals surface area contributed by atoms with E-state index in [-0.39, 0.29) is 34.1 Å². The van der Waals surface area contributed by atoms with Crippen molar-refractivity contribution < 1.29 is 29.4 Å². The number of carboxylic acids is 1. The molecule has 1 heterocycles. The van der Waals surface area contributed by atoms with Gasteiger partial charge in [0.05, 0.1) is 10.6 Å². The molecule has 11 heteroatoms. The van der Waals surface area contributed by atoms with Crippen molar-refractivity contribution in [2.24, 2.45) is 0 Å². The van der Waals surface area contributed by atoms with Crippen molar-refractivity contribution in [1.29, 1.82) is 0 Å². The summed E-state index contributed by atoms with van der Waals surface area (Å²) in [6, 6.07) is 13.6. The molecule has 36 heavy (non-hydrogen) atoms. The average Bonchev–Trinajstić information content (AvgIpc) is 2.84. The van der Waals surface area contributed by atoms with Crippen molar-refractivity contribution in [3.63, 3.8) is 0 Å². The van der Waals surface area contributed by atoms with Gasteiger partial charge in [0.2, 0.25) is 0 Å². The Bertz CT molecular complexity index is 1330. The molecular weight excluding hydrogens is 488 g/mol. The Morgan fingerprint density at radius 2 is 1.75 bits per heavy atom. The molecule has 0 bridgehead atoms. The van der Waals surface area contributed by atoms with Gasteiger partial charge >= 0.3 is 5.97 Å². The van der Waals surface area contributed by atoms with Gasteiger partial charge in [0.15, 0.2) is 0 Å². The normalized spacial score (nSPS) is 11.4. The second-order valence-electron chi connectivity index (χ2n) is 7.85. The smallest absolute Gasteiger partial charge is 0.322 e. The van der Waals surface area contributed by atoms with E-state index in [2.05, 4.69) is 15.7 Å². The van der Waals surface area contributed by atoms with E-state index >= 15 is 0 Å². The molecular formula is C25H23ClN4O6. The van der Waals surface area contributed by atoms with Crippen molar-refractivity contribution in [2.45, 2.75) is 26.4 Å². The molecule has 1 atom stereocenters. The molecule has 3 amide bonds. The number of aromatic hydroxyl groups is 1. The summed E-state index contributed by atoms with van der Waals surface area (Å²) in [5.41, 5.74) is 3.53. The third-order valence-electron chi connectivity index (χ3n) is 5.03. The highest BCUT2D eigenvalue weighted by molar-refractivity contribution is 6.34. The maximum Gasteiger partial charge on any atom is 0.322 e. The van der Waals surface area contributed by atoms with Crippen LogP contribution in [0.2, 0.25) is 5.02 Å². The first-order valence-corrected chi connectivity index (χ1v) is 11.1. The number of hydrogen-bond acceptors (Lipinski definition) is 7. The molecule has 1 aromatic heterocycles. The quantitative estimate of drug-likeness (QED) is 0.267. The molecule has 3 rings (SSSR count). The fourth-order valence-electron chi connectivity index (χ4n) is 3.14. The summed E-state index contributed by atoms with van der Waals surface area (Å²) < 4.78 is 0. The van der Waals surface area contributed by atoms with E-state index in [1.165, 1.54) is 43.3 Å². The summed E-state index contributed by atoms with van der Waals surface area (Å²) in [6.45, 7) is 3.08. The number of halogens is 1. The number of aliphatic carboxylic acids is 1. The van der Waals surface area contributed by atoms with Crippen LogP contribution in [0.3, 0.4) is 0 Å². The van der Waals surface area contributed by atoms with E-state index in [9.17, 15) is 29.4 Å². The molecule has 0 aliphatic heterocycles. The minimum atomic E-state index is -1.29. The predicted octanol–water partition coefficient (Wildman–Crippen LogP) is 2.94. The van der Waals surface area contributed by atoms with Crippen LogP contribution in [0.1, 0.15) is 49.4 Å². The molecule has 2 aromatic carbocycles. The van der Waals surface area contributed by atoms with Crippen LogP contribution < -0.4 is 10.7 Å². The van der Waals surface area contributed by atoms with Gasteiger partial charge in [0.25, 0.3) is 17.7 Å². The second-order valence-corrected chi connectivity index (χ2v) is 8.25. The Kier molecular flexibility index (Phi) is 8.36. The molecule has 0 saturated heterocycles. The van der Waals surface area contributed by atoms with Gasteiger partial charge < -0.3 is 15.5 Å². The number of phenols is 1. The molecule has 4 N–H and O–H groups in total. The summed E-state index contributed by atoms with van der Waals surface area (Å²) in [6.07, 6.45) is 0. The van der Waals surface area contributed by atoms with Gasteiger partial charge in [0, 0.05) is 17.8 Å². The zero-order valence-electron chi connectivity index (χ0n) is 19.4.